The number of rotatable bonds is 6. The van der Waals surface area contributed by atoms with E-state index in [9.17, 15) is 13.5 Å². The summed E-state index contributed by atoms with van der Waals surface area (Å²) in [6.07, 6.45) is 1.36. The number of aromatic amines is 1. The van der Waals surface area contributed by atoms with E-state index in [2.05, 4.69) is 25.0 Å². The predicted molar refractivity (Wildman–Crippen MR) is 130 cm³/mol. The van der Waals surface area contributed by atoms with Crippen LogP contribution in [0.4, 0.5) is 5.69 Å². The quantitative estimate of drug-likeness (QED) is 0.300. The van der Waals surface area contributed by atoms with Crippen molar-refractivity contribution in [2.75, 3.05) is 4.72 Å². The van der Waals surface area contributed by atoms with Crippen LogP contribution in [-0.4, -0.2) is 38.5 Å². The zero-order chi connectivity index (χ0) is 23.9. The number of phenolic OH excluding ortho intramolecular Hbond substituents is 1. The number of benzene rings is 3. The number of aryl methyl sites for hydroxylation is 1. The third kappa shape index (κ3) is 3.88. The van der Waals surface area contributed by atoms with Crippen LogP contribution >= 0.6 is 11.8 Å². The topological polar surface area (TPSA) is 126 Å². The van der Waals surface area contributed by atoms with E-state index in [0.717, 1.165) is 17.4 Å². The molecule has 5 rings (SSSR count). The number of nitrogens with one attached hydrogen (secondary N) is 2. The molecule has 0 unspecified atom stereocenters. The highest BCUT2D eigenvalue weighted by Gasteiger charge is 2.26. The minimum absolute atomic E-state index is 0.0317. The molecule has 2 heterocycles. The number of H-pyrrole nitrogens is 1. The predicted octanol–water partition coefficient (Wildman–Crippen LogP) is 4.42. The Hall–Kier alpha value is -3.83. The first-order valence-corrected chi connectivity index (χ1v) is 12.6. The molecule has 0 fully saturated rings. The summed E-state index contributed by atoms with van der Waals surface area (Å²) in [7, 11) is -4.00. The Balaban J connectivity index is 1.61. The van der Waals surface area contributed by atoms with E-state index < -0.39 is 10.0 Å². The number of hydrogen-bond donors (Lipinski definition) is 3. The molecule has 9 nitrogen and oxygen atoms in total. The van der Waals surface area contributed by atoms with Gasteiger partial charge >= 0.3 is 0 Å². The highest BCUT2D eigenvalue weighted by atomic mass is 32.2. The number of fused-ring (bicyclic) bond motifs is 1. The van der Waals surface area contributed by atoms with Crippen LogP contribution in [0.15, 0.2) is 81.9 Å². The van der Waals surface area contributed by atoms with Crippen LogP contribution in [0.25, 0.3) is 16.5 Å². The second kappa shape index (κ2) is 8.50. The fourth-order valence-electron chi connectivity index (χ4n) is 3.88. The Morgan fingerprint density at radius 1 is 1.03 bits per heavy atom. The summed E-state index contributed by atoms with van der Waals surface area (Å²) in [4.78, 5) is 4.62. The molecule has 0 aliphatic carbocycles. The molecule has 0 bridgehead atoms. The molecule has 0 radical (unpaired) electrons. The van der Waals surface area contributed by atoms with E-state index in [1.807, 2.05) is 30.3 Å². The summed E-state index contributed by atoms with van der Waals surface area (Å²) in [6, 6.07) is 18.0. The van der Waals surface area contributed by atoms with E-state index >= 15 is 0 Å². The van der Waals surface area contributed by atoms with Gasteiger partial charge in [0.2, 0.25) is 0 Å². The smallest absolute Gasteiger partial charge is 0.265 e. The molecule has 2 aromatic heterocycles. The van der Waals surface area contributed by atoms with Gasteiger partial charge in [0.05, 0.1) is 27.7 Å². The molecular formula is C23H20N6O3S2. The van der Waals surface area contributed by atoms with Crippen LogP contribution in [0, 0.1) is 13.8 Å². The van der Waals surface area contributed by atoms with E-state index in [-0.39, 0.29) is 10.6 Å². The summed E-state index contributed by atoms with van der Waals surface area (Å²) in [6.45, 7) is 3.39. The number of aromatic nitrogens is 5. The lowest BCUT2D eigenvalue weighted by Gasteiger charge is -2.14. The average molecular weight is 493 g/mol. The minimum atomic E-state index is -4.00. The summed E-state index contributed by atoms with van der Waals surface area (Å²) in [5.74, 6) is 0.0317. The number of para-hydroxylation sites is 1. The molecule has 0 aliphatic rings. The maximum atomic E-state index is 13.6. The summed E-state index contributed by atoms with van der Waals surface area (Å²) >= 11 is 1.15. The zero-order valence-corrected chi connectivity index (χ0v) is 19.9. The molecule has 0 spiro atoms. The van der Waals surface area contributed by atoms with Crippen molar-refractivity contribution in [3.05, 3.63) is 78.4 Å². The number of aromatic hydroxyl groups is 1. The standard InChI is InChI=1S/C23H20N6O3S2/c1-14-22(15(2)29(27-14)16-8-4-3-5-9-16)34(31,32)28-19-12-20(33-23-24-13-25-26-23)21(30)18-11-7-6-10-17(18)19/h3-13,28,30H,1-2H3,(H,24,25,26). The number of phenols is 1. The number of nitrogens with zero attached hydrogens (tertiary/aromatic N) is 4. The number of anilines is 1. The molecule has 0 saturated carbocycles. The minimum Gasteiger partial charge on any atom is -0.506 e. The van der Waals surface area contributed by atoms with Crippen molar-refractivity contribution in [1.82, 2.24) is 25.0 Å². The van der Waals surface area contributed by atoms with Gasteiger partial charge in [-0.05, 0) is 43.8 Å². The average Bonchev–Trinajstić information content (AvgIpc) is 3.44. The summed E-state index contributed by atoms with van der Waals surface area (Å²) in [5, 5.41) is 23.4. The van der Waals surface area contributed by atoms with Crippen molar-refractivity contribution < 1.29 is 13.5 Å². The Morgan fingerprint density at radius 2 is 1.74 bits per heavy atom. The van der Waals surface area contributed by atoms with Crippen LogP contribution in [-0.2, 0) is 10.0 Å². The third-order valence-electron chi connectivity index (χ3n) is 5.32. The normalized spacial score (nSPS) is 11.7. The van der Waals surface area contributed by atoms with Crippen LogP contribution < -0.4 is 4.72 Å². The largest absolute Gasteiger partial charge is 0.506 e. The first kappa shape index (κ1) is 22.0. The highest BCUT2D eigenvalue weighted by molar-refractivity contribution is 7.99. The molecule has 172 valence electrons. The lowest BCUT2D eigenvalue weighted by Crippen LogP contribution is -2.15. The van der Waals surface area contributed by atoms with Gasteiger partial charge in [0.25, 0.3) is 10.0 Å². The first-order chi connectivity index (χ1) is 16.3. The second-order valence-corrected chi connectivity index (χ2v) is 10.2. The van der Waals surface area contributed by atoms with Crippen molar-refractivity contribution >= 4 is 38.2 Å². The van der Waals surface area contributed by atoms with Gasteiger partial charge in [0, 0.05) is 10.8 Å². The van der Waals surface area contributed by atoms with Gasteiger partial charge in [-0.3, -0.25) is 9.82 Å². The lowest BCUT2D eigenvalue weighted by molar-refractivity contribution is 0.469. The zero-order valence-electron chi connectivity index (χ0n) is 18.2. The van der Waals surface area contributed by atoms with Crippen molar-refractivity contribution in [3.8, 4) is 11.4 Å². The van der Waals surface area contributed by atoms with Crippen LogP contribution in [0.2, 0.25) is 0 Å². The van der Waals surface area contributed by atoms with Gasteiger partial charge in [-0.15, -0.1) is 0 Å². The number of sulfonamides is 1. The van der Waals surface area contributed by atoms with Gasteiger partial charge in [-0.1, -0.05) is 42.5 Å². The Bertz CT molecular complexity index is 1600. The Morgan fingerprint density at radius 3 is 2.44 bits per heavy atom. The fourth-order valence-corrected chi connectivity index (χ4v) is 6.13. The van der Waals surface area contributed by atoms with Crippen molar-refractivity contribution in [2.24, 2.45) is 0 Å². The molecule has 0 saturated heterocycles. The van der Waals surface area contributed by atoms with Gasteiger partial charge < -0.3 is 5.11 Å². The maximum absolute atomic E-state index is 13.6. The SMILES string of the molecule is Cc1nn(-c2ccccc2)c(C)c1S(=O)(=O)Nc1cc(Sc2ncn[nH]2)c(O)c2ccccc12. The van der Waals surface area contributed by atoms with Gasteiger partial charge in [-0.25, -0.2) is 18.1 Å². The first-order valence-electron chi connectivity index (χ1n) is 10.3. The summed E-state index contributed by atoms with van der Waals surface area (Å²) in [5.41, 5.74) is 1.98. The van der Waals surface area contributed by atoms with Gasteiger partial charge in [0.15, 0.2) is 5.16 Å². The van der Waals surface area contributed by atoms with Crippen molar-refractivity contribution in [2.45, 2.75) is 28.8 Å². The monoisotopic (exact) mass is 492 g/mol. The van der Waals surface area contributed by atoms with Crippen LogP contribution in [0.1, 0.15) is 11.4 Å². The Kier molecular flexibility index (Phi) is 5.50. The maximum Gasteiger partial charge on any atom is 0.265 e. The van der Waals surface area contributed by atoms with E-state index in [1.165, 1.54) is 6.33 Å². The van der Waals surface area contributed by atoms with E-state index in [0.29, 0.717) is 37.9 Å². The van der Waals surface area contributed by atoms with E-state index in [4.69, 9.17) is 0 Å². The lowest BCUT2D eigenvalue weighted by atomic mass is 10.1. The van der Waals surface area contributed by atoms with Gasteiger partial charge in [-0.2, -0.15) is 10.2 Å². The highest BCUT2D eigenvalue weighted by Crippen LogP contribution is 2.42. The molecule has 3 N–H and O–H groups in total. The molecule has 0 amide bonds. The molecular weight excluding hydrogens is 472 g/mol. The van der Waals surface area contributed by atoms with Crippen LogP contribution in [0.3, 0.4) is 0 Å². The van der Waals surface area contributed by atoms with E-state index in [1.54, 1.807) is 48.9 Å². The van der Waals surface area contributed by atoms with Crippen molar-refractivity contribution in [3.63, 3.8) is 0 Å². The third-order valence-corrected chi connectivity index (χ3v) is 7.86. The molecule has 34 heavy (non-hydrogen) atoms. The number of hydrogen-bond acceptors (Lipinski definition) is 7. The fraction of sp³-hybridized carbons (Fsp3) is 0.0870. The molecule has 3 aromatic carbocycles. The van der Waals surface area contributed by atoms with Crippen molar-refractivity contribution in [1.29, 1.82) is 0 Å². The molecule has 0 aliphatic heterocycles. The van der Waals surface area contributed by atoms with Crippen LogP contribution in [0.5, 0.6) is 5.75 Å². The Labute approximate surface area is 199 Å². The molecule has 5 aromatic rings. The summed E-state index contributed by atoms with van der Waals surface area (Å²) < 4.78 is 31.5. The molecule has 11 heteroatoms. The molecule has 0 atom stereocenters. The second-order valence-electron chi connectivity index (χ2n) is 7.56. The van der Waals surface area contributed by atoms with Gasteiger partial charge in [0.1, 0.15) is 17.0 Å².